The van der Waals surface area contributed by atoms with Gasteiger partial charge < -0.3 is 18.3 Å². The fraction of sp³-hybridized carbons (Fsp3) is 0.258. The second kappa shape index (κ2) is 8.58. The predicted molar refractivity (Wildman–Crippen MR) is 144 cm³/mol. The molecule has 0 saturated carbocycles. The fourth-order valence-electron chi connectivity index (χ4n) is 6.32. The highest BCUT2D eigenvalue weighted by atomic mass is 16.4. The van der Waals surface area contributed by atoms with Crippen LogP contribution in [-0.2, 0) is 17.8 Å². The number of carbonyl (C=O) groups excluding carboxylic acids is 1. The molecular formula is C31H26N2O5. The Labute approximate surface area is 217 Å². The molecule has 2 aromatic carbocycles. The van der Waals surface area contributed by atoms with Crippen molar-refractivity contribution in [1.82, 2.24) is 9.47 Å². The van der Waals surface area contributed by atoms with Crippen molar-refractivity contribution in [2.45, 2.75) is 32.2 Å². The van der Waals surface area contributed by atoms with Gasteiger partial charge in [-0.1, -0.05) is 36.4 Å². The molecule has 5 heterocycles. The summed E-state index contributed by atoms with van der Waals surface area (Å²) in [5, 5.41) is 1.72. The second-order valence-electron chi connectivity index (χ2n) is 10.5. The second-order valence-corrected chi connectivity index (χ2v) is 10.5. The number of nitrogens with zero attached hydrogens (tertiary/aromatic N) is 2. The number of rotatable bonds is 3. The summed E-state index contributed by atoms with van der Waals surface area (Å²) in [6, 6.07) is 19.1. The highest BCUT2D eigenvalue weighted by Gasteiger charge is 2.36. The summed E-state index contributed by atoms with van der Waals surface area (Å²) in [5.74, 6) is 0.265. The average molecular weight is 507 g/mol. The first-order valence-corrected chi connectivity index (χ1v) is 13.0. The van der Waals surface area contributed by atoms with Crippen molar-refractivity contribution in [1.29, 1.82) is 0 Å². The number of amides is 1. The molecule has 2 bridgehead atoms. The molecule has 0 N–H and O–H groups in total. The number of piperidine rings is 1. The third-order valence-corrected chi connectivity index (χ3v) is 8.23. The van der Waals surface area contributed by atoms with Gasteiger partial charge in [0.2, 0.25) is 5.91 Å². The Morgan fingerprint density at radius 3 is 2.63 bits per heavy atom. The van der Waals surface area contributed by atoms with E-state index in [1.807, 2.05) is 58.9 Å². The molecule has 2 atom stereocenters. The monoisotopic (exact) mass is 506 g/mol. The number of likely N-dealkylation sites (tertiary alicyclic amines) is 1. The zero-order valence-electron chi connectivity index (χ0n) is 21.0. The summed E-state index contributed by atoms with van der Waals surface area (Å²) in [4.78, 5) is 40.7. The van der Waals surface area contributed by atoms with Crippen LogP contribution >= 0.6 is 0 Å². The number of hydrogen-bond donors (Lipinski definition) is 0. The Morgan fingerprint density at radius 2 is 1.79 bits per heavy atom. The Kier molecular flexibility index (Phi) is 5.15. The Morgan fingerprint density at radius 1 is 0.947 bits per heavy atom. The van der Waals surface area contributed by atoms with Gasteiger partial charge in [0.15, 0.2) is 0 Å². The molecule has 7 nitrogen and oxygen atoms in total. The van der Waals surface area contributed by atoms with Crippen LogP contribution in [0.4, 0.5) is 0 Å². The summed E-state index contributed by atoms with van der Waals surface area (Å²) < 4.78 is 13.3. The van der Waals surface area contributed by atoms with Crippen LogP contribution in [0.25, 0.3) is 33.1 Å². The first-order valence-electron chi connectivity index (χ1n) is 13.0. The summed E-state index contributed by atoms with van der Waals surface area (Å²) in [5.41, 5.74) is 4.74. The lowest BCUT2D eigenvalue weighted by Gasteiger charge is -2.42. The number of aryl methyl sites for hydroxylation is 1. The third-order valence-electron chi connectivity index (χ3n) is 8.23. The molecule has 1 saturated heterocycles. The van der Waals surface area contributed by atoms with Gasteiger partial charge in [0.25, 0.3) is 5.56 Å². The van der Waals surface area contributed by atoms with Gasteiger partial charge in [0.05, 0.1) is 18.2 Å². The first-order chi connectivity index (χ1) is 18.5. The Bertz CT molecular complexity index is 1850. The smallest absolute Gasteiger partial charge is 0.340 e. The standard InChI is InChI=1S/C31H26N2O5/c1-18-22-11-24-25(20-6-3-2-4-7-20)17-37-27(24)13-28(22)38-31(36)23(18)12-30(35)32-14-19-10-21(16-32)26-8-5-9-29(34)33(26)15-19/h2-9,11,13,17,19,21H,10,12,14-16H2,1H3/t19-,21+/m0/s1. The normalized spacial score (nSPS) is 18.6. The number of hydrogen-bond acceptors (Lipinski definition) is 5. The number of furan rings is 1. The quantitative estimate of drug-likeness (QED) is 0.326. The number of carbonyl (C=O) groups is 1. The molecule has 3 aromatic heterocycles. The number of fused-ring (bicyclic) bond motifs is 6. The molecule has 0 spiro atoms. The molecule has 0 aliphatic carbocycles. The number of benzene rings is 2. The van der Waals surface area contributed by atoms with Crippen molar-refractivity contribution in [2.75, 3.05) is 13.1 Å². The van der Waals surface area contributed by atoms with Gasteiger partial charge in [-0.15, -0.1) is 0 Å². The zero-order chi connectivity index (χ0) is 26.0. The van der Waals surface area contributed by atoms with Gasteiger partial charge in [-0.25, -0.2) is 4.79 Å². The van der Waals surface area contributed by atoms with Crippen molar-refractivity contribution in [3.63, 3.8) is 0 Å². The summed E-state index contributed by atoms with van der Waals surface area (Å²) >= 11 is 0. The van der Waals surface area contributed by atoms with Crippen molar-refractivity contribution in [3.05, 3.63) is 105 Å². The topological polar surface area (TPSA) is 85.7 Å². The van der Waals surface area contributed by atoms with Gasteiger partial charge in [-0.2, -0.15) is 0 Å². The largest absolute Gasteiger partial charge is 0.464 e. The van der Waals surface area contributed by atoms with Crippen molar-refractivity contribution in [3.8, 4) is 11.1 Å². The molecule has 0 radical (unpaired) electrons. The lowest BCUT2D eigenvalue weighted by Crippen LogP contribution is -2.49. The minimum absolute atomic E-state index is 0.0138. The van der Waals surface area contributed by atoms with E-state index in [0.29, 0.717) is 36.4 Å². The van der Waals surface area contributed by atoms with Crippen molar-refractivity contribution >= 4 is 27.8 Å². The molecule has 190 valence electrons. The van der Waals surface area contributed by atoms with Gasteiger partial charge in [0.1, 0.15) is 11.2 Å². The van der Waals surface area contributed by atoms with E-state index >= 15 is 0 Å². The molecular weight excluding hydrogens is 480 g/mol. The fourth-order valence-corrected chi connectivity index (χ4v) is 6.32. The molecule has 7 heteroatoms. The zero-order valence-corrected chi connectivity index (χ0v) is 21.0. The van der Waals surface area contributed by atoms with Gasteiger partial charge in [-0.3, -0.25) is 9.59 Å². The Balaban J connectivity index is 1.22. The SMILES string of the molecule is Cc1c(CC(=O)N2C[C@@H]3C[C@H](C2)c2cccc(=O)n2C3)c(=O)oc2cc3occ(-c4ccccc4)c3cc12. The average Bonchev–Trinajstić information content (AvgIpc) is 3.34. The van der Waals surface area contributed by atoms with E-state index in [4.69, 9.17) is 8.83 Å². The lowest BCUT2D eigenvalue weighted by atomic mass is 9.83. The van der Waals surface area contributed by atoms with Crippen LogP contribution in [0.5, 0.6) is 0 Å². The molecule has 38 heavy (non-hydrogen) atoms. The van der Waals surface area contributed by atoms with Crippen LogP contribution in [0.1, 0.15) is 29.2 Å². The molecule has 2 aliphatic heterocycles. The maximum Gasteiger partial charge on any atom is 0.340 e. The highest BCUT2D eigenvalue weighted by Crippen LogP contribution is 2.36. The lowest BCUT2D eigenvalue weighted by molar-refractivity contribution is -0.133. The van der Waals surface area contributed by atoms with Gasteiger partial charge in [0, 0.05) is 59.7 Å². The molecule has 5 aromatic rings. The minimum Gasteiger partial charge on any atom is -0.464 e. The van der Waals surface area contributed by atoms with E-state index in [2.05, 4.69) is 0 Å². The third kappa shape index (κ3) is 3.61. The molecule has 0 unspecified atom stereocenters. The van der Waals surface area contributed by atoms with Crippen molar-refractivity contribution in [2.24, 2.45) is 5.92 Å². The van der Waals surface area contributed by atoms with Crippen LogP contribution in [0.3, 0.4) is 0 Å². The first kappa shape index (κ1) is 22.8. The molecule has 7 rings (SSSR count). The van der Waals surface area contributed by atoms with Gasteiger partial charge in [-0.05, 0) is 42.5 Å². The number of pyridine rings is 1. The molecule has 1 fully saturated rings. The molecule has 1 amide bonds. The summed E-state index contributed by atoms with van der Waals surface area (Å²) in [6.07, 6.45) is 2.67. The van der Waals surface area contributed by atoms with Crippen LogP contribution in [0.2, 0.25) is 0 Å². The maximum atomic E-state index is 13.5. The van der Waals surface area contributed by atoms with Crippen molar-refractivity contribution < 1.29 is 13.6 Å². The van der Waals surface area contributed by atoms with E-state index in [1.54, 1.807) is 24.5 Å². The van der Waals surface area contributed by atoms with Crippen LogP contribution < -0.4 is 11.2 Å². The maximum absolute atomic E-state index is 13.5. The molecule has 2 aliphatic rings. The Hall–Kier alpha value is -4.39. The van der Waals surface area contributed by atoms with Gasteiger partial charge >= 0.3 is 5.63 Å². The predicted octanol–water partition coefficient (Wildman–Crippen LogP) is 4.86. The number of aromatic nitrogens is 1. The van der Waals surface area contributed by atoms with E-state index in [0.717, 1.165) is 39.6 Å². The van der Waals surface area contributed by atoms with Crippen LogP contribution in [-0.4, -0.2) is 28.5 Å². The minimum atomic E-state index is -0.494. The van der Waals surface area contributed by atoms with E-state index in [-0.39, 0.29) is 29.7 Å². The van der Waals surface area contributed by atoms with Crippen LogP contribution in [0.15, 0.2) is 85.4 Å². The summed E-state index contributed by atoms with van der Waals surface area (Å²) in [6.45, 7) is 3.64. The highest BCUT2D eigenvalue weighted by molar-refractivity contribution is 6.02. The van der Waals surface area contributed by atoms with E-state index in [1.165, 1.54) is 0 Å². The van der Waals surface area contributed by atoms with E-state index in [9.17, 15) is 14.4 Å². The van der Waals surface area contributed by atoms with Crippen LogP contribution in [0, 0.1) is 12.8 Å². The van der Waals surface area contributed by atoms with E-state index < -0.39 is 5.63 Å². The summed E-state index contributed by atoms with van der Waals surface area (Å²) in [7, 11) is 0.